The van der Waals surface area contributed by atoms with Crippen molar-refractivity contribution in [3.8, 4) is 11.4 Å². The number of aryl methyl sites for hydroxylation is 8. The number of aromatic nitrogens is 2. The summed E-state index contributed by atoms with van der Waals surface area (Å²) in [5.41, 5.74) is 17.8. The lowest BCUT2D eigenvalue weighted by Crippen LogP contribution is -2.30. The molecule has 0 amide bonds. The van der Waals surface area contributed by atoms with E-state index in [4.69, 9.17) is 11.8 Å². The van der Waals surface area contributed by atoms with E-state index >= 15 is 0 Å². The third-order valence-electron chi connectivity index (χ3n) is 11.7. The lowest BCUT2D eigenvalue weighted by molar-refractivity contribution is 1.14. The van der Waals surface area contributed by atoms with Crippen LogP contribution in [-0.2, 0) is 11.8 Å². The fourth-order valence-electron chi connectivity index (χ4n) is 9.72. The molecule has 0 bridgehead atoms. The highest BCUT2D eigenvalue weighted by atomic mass is 32.4. The predicted octanol–water partition coefficient (Wildman–Crippen LogP) is 12.6. The summed E-state index contributed by atoms with van der Waals surface area (Å²) in [7, 11) is 0. The number of nitrogens with zero attached hydrogens (tertiary/aromatic N) is 2. The fraction of sp³-hybridized carbons (Fsp3) is 0.160. The Morgan fingerprint density at radius 3 is 1.11 bits per heavy atom. The Morgan fingerprint density at radius 2 is 0.764 bits per heavy atom. The standard InChI is InChI=1S/C50H43N2PS2/c1-28-18-32(5)47-39(22-28)40-23-29(2)19-33(6)48(40)51(47)36-14-16-43-45(26-36)55-46-27-37(15-17-44(46)53(43,54)38-12-10-9-11-13-38)52-49-34(7)20-30(3)24-41(49)42-25-31(4)21-35(8)50(42)52/h9-27H,1-8H3. The highest BCUT2D eigenvalue weighted by molar-refractivity contribution is 8.26. The van der Waals surface area contributed by atoms with Crippen LogP contribution in [0.2, 0.25) is 0 Å². The molecule has 0 spiro atoms. The Bertz CT molecular complexity index is 2860. The van der Waals surface area contributed by atoms with Crippen LogP contribution in [0.1, 0.15) is 44.5 Å². The second-order valence-corrected chi connectivity index (χ2v) is 21.4. The van der Waals surface area contributed by atoms with Gasteiger partial charge >= 0.3 is 0 Å². The molecule has 0 aliphatic carbocycles. The SMILES string of the molecule is Cc1cc(C)c2c(c1)c1cc(C)cc(C)c1n2-c1ccc2c(c1)Sc1cc(-n3c4c(C)cc(C)cc4c4cc(C)cc(C)c43)ccc1P2(=S)c1ccccc1. The van der Waals surface area contributed by atoms with Gasteiger partial charge in [-0.1, -0.05) is 100 Å². The van der Waals surface area contributed by atoms with Gasteiger partial charge in [-0.3, -0.25) is 0 Å². The highest BCUT2D eigenvalue weighted by Crippen LogP contribution is 2.54. The smallest absolute Gasteiger partial charge is 0.0570 e. The molecular formula is C50H43N2PS2. The molecule has 10 rings (SSSR count). The van der Waals surface area contributed by atoms with Crippen LogP contribution in [-0.4, -0.2) is 9.13 Å². The van der Waals surface area contributed by atoms with Crippen LogP contribution < -0.4 is 15.9 Å². The van der Waals surface area contributed by atoms with Gasteiger partial charge in [0.25, 0.3) is 0 Å². The van der Waals surface area contributed by atoms with Crippen LogP contribution in [0.5, 0.6) is 0 Å². The number of benzene rings is 7. The monoisotopic (exact) mass is 766 g/mol. The van der Waals surface area contributed by atoms with Gasteiger partial charge in [-0.25, -0.2) is 0 Å². The molecular weight excluding hydrogens is 724 g/mol. The summed E-state index contributed by atoms with van der Waals surface area (Å²) in [6.45, 7) is 17.9. The minimum Gasteiger partial charge on any atom is -0.309 e. The molecule has 270 valence electrons. The summed E-state index contributed by atoms with van der Waals surface area (Å²) in [6.07, 6.45) is 0. The number of hydrogen-bond donors (Lipinski definition) is 0. The molecule has 55 heavy (non-hydrogen) atoms. The van der Waals surface area contributed by atoms with Crippen molar-refractivity contribution < 1.29 is 0 Å². The second kappa shape index (κ2) is 12.3. The van der Waals surface area contributed by atoms with Gasteiger partial charge in [0.15, 0.2) is 0 Å². The summed E-state index contributed by atoms with van der Waals surface area (Å²) in [5, 5.41) is 9.05. The Hall–Kier alpha value is -4.86. The molecule has 2 nitrogen and oxygen atoms in total. The Labute approximate surface area is 332 Å². The molecule has 3 heterocycles. The summed E-state index contributed by atoms with van der Waals surface area (Å²) in [6, 6.07) is 41.5. The van der Waals surface area contributed by atoms with Crippen molar-refractivity contribution in [1.29, 1.82) is 0 Å². The first kappa shape index (κ1) is 34.6. The molecule has 0 unspecified atom stereocenters. The van der Waals surface area contributed by atoms with Crippen LogP contribution in [0, 0.1) is 55.4 Å². The normalized spacial score (nSPS) is 13.6. The van der Waals surface area contributed by atoms with Crippen LogP contribution in [0.15, 0.2) is 125 Å². The van der Waals surface area contributed by atoms with Gasteiger partial charge in [0.1, 0.15) is 0 Å². The van der Waals surface area contributed by atoms with Gasteiger partial charge < -0.3 is 9.13 Å². The maximum atomic E-state index is 7.05. The Morgan fingerprint density at radius 1 is 0.418 bits per heavy atom. The minimum atomic E-state index is -2.40. The van der Waals surface area contributed by atoms with Gasteiger partial charge in [-0.15, -0.1) is 0 Å². The molecule has 0 N–H and O–H groups in total. The molecule has 0 fully saturated rings. The van der Waals surface area contributed by atoms with E-state index in [-0.39, 0.29) is 0 Å². The molecule has 1 aliphatic heterocycles. The van der Waals surface area contributed by atoms with Gasteiger partial charge in [0, 0.05) is 59.4 Å². The third kappa shape index (κ3) is 5.04. The van der Waals surface area contributed by atoms with E-state index in [1.165, 1.54) is 125 Å². The molecule has 0 saturated heterocycles. The first-order chi connectivity index (χ1) is 26.4. The van der Waals surface area contributed by atoms with Crippen molar-refractivity contribution in [3.05, 3.63) is 160 Å². The summed E-state index contributed by atoms with van der Waals surface area (Å²) >= 11 is 8.93. The molecule has 7 aromatic carbocycles. The topological polar surface area (TPSA) is 9.86 Å². The van der Waals surface area contributed by atoms with Gasteiger partial charge in [-0.05, 0) is 144 Å². The van der Waals surface area contributed by atoms with Crippen molar-refractivity contribution in [1.82, 2.24) is 9.13 Å². The molecule has 5 heteroatoms. The summed E-state index contributed by atoms with van der Waals surface area (Å²) < 4.78 is 5.03. The average Bonchev–Trinajstić information content (AvgIpc) is 3.65. The molecule has 2 aromatic heterocycles. The van der Waals surface area contributed by atoms with Crippen LogP contribution in [0.4, 0.5) is 0 Å². The van der Waals surface area contributed by atoms with Gasteiger partial charge in [0.05, 0.1) is 22.1 Å². The van der Waals surface area contributed by atoms with E-state index in [0.29, 0.717) is 0 Å². The number of rotatable bonds is 3. The van der Waals surface area contributed by atoms with E-state index in [9.17, 15) is 0 Å². The first-order valence-corrected chi connectivity index (χ1v) is 22.7. The quantitative estimate of drug-likeness (QED) is 0.166. The average molecular weight is 767 g/mol. The minimum absolute atomic E-state index is 1.18. The summed E-state index contributed by atoms with van der Waals surface area (Å²) in [4.78, 5) is 2.50. The van der Waals surface area contributed by atoms with Gasteiger partial charge in [-0.2, -0.15) is 0 Å². The second-order valence-electron chi connectivity index (χ2n) is 15.9. The van der Waals surface area contributed by atoms with Gasteiger partial charge in [0.2, 0.25) is 0 Å². The van der Waals surface area contributed by atoms with Crippen molar-refractivity contribution in [3.63, 3.8) is 0 Å². The zero-order valence-electron chi connectivity index (χ0n) is 32.6. The molecule has 1 aliphatic rings. The molecule has 0 radical (unpaired) electrons. The maximum absolute atomic E-state index is 7.05. The van der Waals surface area contributed by atoms with Crippen molar-refractivity contribution in [2.45, 2.75) is 65.2 Å². The van der Waals surface area contributed by atoms with E-state index in [0.717, 1.165) is 0 Å². The lowest BCUT2D eigenvalue weighted by atomic mass is 10.0. The van der Waals surface area contributed by atoms with Crippen molar-refractivity contribution in [2.75, 3.05) is 0 Å². The molecule has 9 aromatic rings. The van der Waals surface area contributed by atoms with Crippen LogP contribution in [0.3, 0.4) is 0 Å². The predicted molar refractivity (Wildman–Crippen MR) is 243 cm³/mol. The van der Waals surface area contributed by atoms with Crippen molar-refractivity contribution in [2.24, 2.45) is 0 Å². The fourth-order valence-corrected chi connectivity index (χ4v) is 16.2. The van der Waals surface area contributed by atoms with E-state index in [1.807, 2.05) is 11.8 Å². The van der Waals surface area contributed by atoms with E-state index in [2.05, 4.69) is 180 Å². The Balaban J connectivity index is 1.24. The first-order valence-electron chi connectivity index (χ1n) is 19.1. The van der Waals surface area contributed by atoms with Crippen molar-refractivity contribution >= 4 is 89.1 Å². The third-order valence-corrected chi connectivity index (χ3v) is 18.1. The number of hydrogen-bond acceptors (Lipinski definition) is 2. The van der Waals surface area contributed by atoms with E-state index < -0.39 is 6.04 Å². The Kier molecular flexibility index (Phi) is 7.75. The zero-order valence-corrected chi connectivity index (χ0v) is 35.2. The zero-order chi connectivity index (χ0) is 38.1. The molecule has 0 atom stereocenters. The largest absolute Gasteiger partial charge is 0.309 e. The number of fused-ring (bicyclic) bond motifs is 8. The van der Waals surface area contributed by atoms with Crippen LogP contribution >= 0.6 is 17.8 Å². The van der Waals surface area contributed by atoms with E-state index in [1.54, 1.807) is 0 Å². The molecule has 0 saturated carbocycles. The highest BCUT2D eigenvalue weighted by Gasteiger charge is 2.35. The van der Waals surface area contributed by atoms with Crippen LogP contribution in [0.25, 0.3) is 55.0 Å². The maximum Gasteiger partial charge on any atom is 0.0570 e. The lowest BCUT2D eigenvalue weighted by Gasteiger charge is -2.33. The summed E-state index contributed by atoms with van der Waals surface area (Å²) in [5.74, 6) is 0.